The number of hydrogen-bond acceptors (Lipinski definition) is 6. The van der Waals surface area contributed by atoms with E-state index in [1.54, 1.807) is 18.6 Å². The molecule has 0 saturated heterocycles. The van der Waals surface area contributed by atoms with Crippen LogP contribution >= 0.6 is 0 Å². The lowest BCUT2D eigenvalue weighted by atomic mass is 10.2. The second-order valence-electron chi connectivity index (χ2n) is 4.72. The summed E-state index contributed by atoms with van der Waals surface area (Å²) in [5, 5.41) is 19.8. The summed E-state index contributed by atoms with van der Waals surface area (Å²) in [4.78, 5) is 6.13. The van der Waals surface area contributed by atoms with Gasteiger partial charge in [-0.15, -0.1) is 5.10 Å². The molecule has 0 aliphatic heterocycles. The van der Waals surface area contributed by atoms with Gasteiger partial charge in [0.25, 0.3) is 0 Å². The van der Waals surface area contributed by atoms with Gasteiger partial charge in [-0.3, -0.25) is 4.98 Å². The number of oxime groups is 1. The van der Waals surface area contributed by atoms with Crippen molar-refractivity contribution in [2.75, 3.05) is 11.4 Å². The molecule has 0 amide bonds. The summed E-state index contributed by atoms with van der Waals surface area (Å²) in [5.41, 5.74) is 7.63. The predicted octanol–water partition coefficient (Wildman–Crippen LogP) is 1.32. The molecule has 0 aliphatic rings. The third kappa shape index (κ3) is 4.41. The van der Waals surface area contributed by atoms with Crippen molar-refractivity contribution in [2.24, 2.45) is 10.9 Å². The van der Waals surface area contributed by atoms with Gasteiger partial charge >= 0.3 is 0 Å². The average Bonchev–Trinajstić information content (AvgIpc) is 2.52. The van der Waals surface area contributed by atoms with Crippen molar-refractivity contribution in [1.29, 1.82) is 0 Å². The fourth-order valence-corrected chi connectivity index (χ4v) is 1.89. The zero-order chi connectivity index (χ0) is 15.1. The first-order valence-electron chi connectivity index (χ1n) is 6.58. The second-order valence-corrected chi connectivity index (χ2v) is 4.72. The Morgan fingerprint density at radius 1 is 1.43 bits per heavy atom. The highest BCUT2D eigenvalue weighted by Crippen LogP contribution is 2.15. The molecule has 0 bridgehead atoms. The minimum atomic E-state index is 0.187. The summed E-state index contributed by atoms with van der Waals surface area (Å²) < 4.78 is 0. The largest absolute Gasteiger partial charge is 0.409 e. The summed E-state index contributed by atoms with van der Waals surface area (Å²) >= 11 is 0. The van der Waals surface area contributed by atoms with Crippen LogP contribution in [0.5, 0.6) is 0 Å². The number of aromatic nitrogens is 3. The van der Waals surface area contributed by atoms with Gasteiger partial charge in [-0.1, -0.05) is 11.2 Å². The molecule has 0 atom stereocenters. The number of nitrogens with zero attached hydrogens (tertiary/aromatic N) is 5. The highest BCUT2D eigenvalue weighted by atomic mass is 16.4. The predicted molar refractivity (Wildman–Crippen MR) is 80.1 cm³/mol. The van der Waals surface area contributed by atoms with Crippen LogP contribution < -0.4 is 10.6 Å². The molecule has 7 heteroatoms. The van der Waals surface area contributed by atoms with Crippen molar-refractivity contribution in [3.8, 4) is 0 Å². The summed E-state index contributed by atoms with van der Waals surface area (Å²) in [7, 11) is 0. The summed E-state index contributed by atoms with van der Waals surface area (Å²) in [6.07, 6.45) is 5.68. The second kappa shape index (κ2) is 7.18. The average molecular weight is 286 g/mol. The van der Waals surface area contributed by atoms with E-state index < -0.39 is 0 Å². The minimum Gasteiger partial charge on any atom is -0.409 e. The molecule has 0 aromatic carbocycles. The minimum absolute atomic E-state index is 0.187. The first-order valence-corrected chi connectivity index (χ1v) is 6.58. The topological polar surface area (TPSA) is 101 Å². The number of anilines is 1. The molecule has 0 aliphatic carbocycles. The van der Waals surface area contributed by atoms with Crippen LogP contribution in [0.3, 0.4) is 0 Å². The Bertz CT molecular complexity index is 601. The van der Waals surface area contributed by atoms with E-state index >= 15 is 0 Å². The van der Waals surface area contributed by atoms with E-state index in [-0.39, 0.29) is 5.84 Å². The zero-order valence-electron chi connectivity index (χ0n) is 11.8. The highest BCUT2D eigenvalue weighted by Gasteiger charge is 2.11. The number of nitrogens with two attached hydrogens (primary N) is 1. The molecule has 2 aromatic rings. The van der Waals surface area contributed by atoms with Crippen LogP contribution in [0.4, 0.5) is 5.82 Å². The van der Waals surface area contributed by atoms with Gasteiger partial charge in [0.15, 0.2) is 5.82 Å². The third-order valence-electron chi connectivity index (χ3n) is 2.96. The quantitative estimate of drug-likeness (QED) is 0.359. The Morgan fingerprint density at radius 3 is 2.95 bits per heavy atom. The summed E-state index contributed by atoms with van der Waals surface area (Å²) in [6, 6.07) is 5.83. The van der Waals surface area contributed by atoms with Crippen LogP contribution in [0.15, 0.2) is 41.9 Å². The van der Waals surface area contributed by atoms with Crippen molar-refractivity contribution >= 4 is 11.7 Å². The van der Waals surface area contributed by atoms with Crippen LogP contribution in [-0.4, -0.2) is 32.8 Å². The number of amidine groups is 1. The Kier molecular flexibility index (Phi) is 5.03. The van der Waals surface area contributed by atoms with Crippen LogP contribution in [0, 0.1) is 6.92 Å². The van der Waals surface area contributed by atoms with Crippen molar-refractivity contribution in [3.63, 3.8) is 0 Å². The number of rotatable bonds is 6. The molecule has 21 heavy (non-hydrogen) atoms. The fraction of sp³-hybridized carbons (Fsp3) is 0.286. The Morgan fingerprint density at radius 2 is 2.29 bits per heavy atom. The maximum absolute atomic E-state index is 8.66. The van der Waals surface area contributed by atoms with E-state index in [2.05, 4.69) is 20.3 Å². The maximum Gasteiger partial charge on any atom is 0.151 e. The molecule has 0 radical (unpaired) electrons. The Balaban J connectivity index is 2.17. The van der Waals surface area contributed by atoms with E-state index in [4.69, 9.17) is 10.9 Å². The van der Waals surface area contributed by atoms with Crippen LogP contribution in [0.25, 0.3) is 0 Å². The lowest BCUT2D eigenvalue weighted by molar-refractivity contribution is 0.317. The van der Waals surface area contributed by atoms with Gasteiger partial charge in [0.05, 0.1) is 6.20 Å². The van der Waals surface area contributed by atoms with E-state index in [0.717, 1.165) is 16.9 Å². The molecule has 0 saturated carbocycles. The van der Waals surface area contributed by atoms with E-state index in [9.17, 15) is 0 Å². The summed E-state index contributed by atoms with van der Waals surface area (Å²) in [6.45, 7) is 3.16. The molecule has 2 rings (SSSR count). The smallest absolute Gasteiger partial charge is 0.151 e. The van der Waals surface area contributed by atoms with Crippen molar-refractivity contribution < 1.29 is 5.21 Å². The van der Waals surface area contributed by atoms with Crippen LogP contribution in [0.1, 0.15) is 17.5 Å². The maximum atomic E-state index is 8.66. The lowest BCUT2D eigenvalue weighted by Crippen LogP contribution is -2.28. The van der Waals surface area contributed by atoms with Crippen molar-refractivity contribution in [3.05, 3.63) is 47.9 Å². The number of pyridine rings is 1. The lowest BCUT2D eigenvalue weighted by Gasteiger charge is -2.23. The monoisotopic (exact) mass is 286 g/mol. The molecule has 7 nitrogen and oxygen atoms in total. The van der Waals surface area contributed by atoms with Gasteiger partial charge in [-0.25, -0.2) is 0 Å². The standard InChI is InChI=1S/C14H18N6O/c1-11-7-14(18-17-8-11)20(6-4-13(15)19-21)10-12-3-2-5-16-9-12/h2-3,5,7-9,21H,4,6,10H2,1H3,(H2,15,19). The fourth-order valence-electron chi connectivity index (χ4n) is 1.89. The van der Waals surface area contributed by atoms with Crippen LogP contribution in [-0.2, 0) is 6.54 Å². The number of hydrogen-bond donors (Lipinski definition) is 2. The molecule has 3 N–H and O–H groups in total. The van der Waals surface area contributed by atoms with Gasteiger partial charge in [0, 0.05) is 31.9 Å². The number of aryl methyl sites for hydroxylation is 1. The molecule has 0 spiro atoms. The van der Waals surface area contributed by atoms with E-state index in [1.807, 2.05) is 30.0 Å². The summed E-state index contributed by atoms with van der Waals surface area (Å²) in [5.74, 6) is 0.941. The molecule has 2 heterocycles. The first kappa shape index (κ1) is 14.7. The Labute approximate surface area is 123 Å². The first-order chi connectivity index (χ1) is 10.2. The molecule has 0 fully saturated rings. The van der Waals surface area contributed by atoms with Gasteiger partial charge < -0.3 is 15.8 Å². The molecule has 2 aromatic heterocycles. The van der Waals surface area contributed by atoms with E-state index in [0.29, 0.717) is 19.5 Å². The molecule has 110 valence electrons. The molecular weight excluding hydrogens is 268 g/mol. The van der Waals surface area contributed by atoms with Gasteiger partial charge in [-0.05, 0) is 30.2 Å². The van der Waals surface area contributed by atoms with Gasteiger partial charge in [0.2, 0.25) is 0 Å². The van der Waals surface area contributed by atoms with Gasteiger partial charge in [0.1, 0.15) is 5.84 Å². The normalized spacial score (nSPS) is 11.4. The van der Waals surface area contributed by atoms with Crippen molar-refractivity contribution in [2.45, 2.75) is 19.9 Å². The van der Waals surface area contributed by atoms with E-state index in [1.165, 1.54) is 0 Å². The Hall–Kier alpha value is -2.70. The SMILES string of the molecule is Cc1cnnc(N(CC/C(N)=N/O)Cc2cccnc2)c1. The molecular formula is C14H18N6O. The van der Waals surface area contributed by atoms with Crippen LogP contribution in [0.2, 0.25) is 0 Å². The molecule has 0 unspecified atom stereocenters. The third-order valence-corrected chi connectivity index (χ3v) is 2.96. The zero-order valence-corrected chi connectivity index (χ0v) is 11.8. The highest BCUT2D eigenvalue weighted by molar-refractivity contribution is 5.80. The van der Waals surface area contributed by atoms with Crippen molar-refractivity contribution in [1.82, 2.24) is 15.2 Å². The van der Waals surface area contributed by atoms with Gasteiger partial charge in [-0.2, -0.15) is 5.10 Å².